The molecule has 1 fully saturated rings. The molecular formula is C10H18O. The van der Waals surface area contributed by atoms with Crippen LogP contribution in [0.15, 0.2) is 12.2 Å². The van der Waals surface area contributed by atoms with Crippen LogP contribution in [-0.4, -0.2) is 12.2 Å². The summed E-state index contributed by atoms with van der Waals surface area (Å²) in [4.78, 5) is 0. The summed E-state index contributed by atoms with van der Waals surface area (Å²) in [5.41, 5.74) is 1.48. The van der Waals surface area contributed by atoms with Gasteiger partial charge in [0.05, 0.1) is 12.2 Å². The minimum atomic E-state index is 0.159. The first-order valence-electron chi connectivity index (χ1n) is 4.28. The highest BCUT2D eigenvalue weighted by Gasteiger charge is 2.35. The fraction of sp³-hybridized carbons (Fsp3) is 0.800. The average Bonchev–Trinajstić information content (AvgIpc) is 1.84. The molecule has 1 aliphatic heterocycles. The molecule has 1 saturated heterocycles. The van der Waals surface area contributed by atoms with Gasteiger partial charge >= 0.3 is 0 Å². The lowest BCUT2D eigenvalue weighted by molar-refractivity contribution is -0.0694. The van der Waals surface area contributed by atoms with E-state index in [-0.39, 0.29) is 5.41 Å². The molecule has 0 N–H and O–H groups in total. The van der Waals surface area contributed by atoms with Gasteiger partial charge in [-0.1, -0.05) is 26.0 Å². The SMILES string of the molecule is C=C1CC(C)OC(C)C1(C)C. The van der Waals surface area contributed by atoms with Crippen LogP contribution in [0.2, 0.25) is 0 Å². The van der Waals surface area contributed by atoms with Gasteiger partial charge in [-0.05, 0) is 20.3 Å². The zero-order valence-corrected chi connectivity index (χ0v) is 7.98. The maximum atomic E-state index is 5.71. The molecule has 0 bridgehead atoms. The van der Waals surface area contributed by atoms with Crippen molar-refractivity contribution in [3.05, 3.63) is 12.2 Å². The Morgan fingerprint density at radius 3 is 2.45 bits per heavy atom. The van der Waals surface area contributed by atoms with Crippen LogP contribution >= 0.6 is 0 Å². The predicted octanol–water partition coefficient (Wildman–Crippen LogP) is 2.77. The van der Waals surface area contributed by atoms with E-state index in [1.54, 1.807) is 0 Å². The van der Waals surface area contributed by atoms with E-state index in [1.165, 1.54) is 5.57 Å². The summed E-state index contributed by atoms with van der Waals surface area (Å²) in [6.07, 6.45) is 1.67. The summed E-state index contributed by atoms with van der Waals surface area (Å²) in [5.74, 6) is 0. The van der Waals surface area contributed by atoms with Crippen LogP contribution in [0.1, 0.15) is 34.1 Å². The number of hydrogen-bond acceptors (Lipinski definition) is 1. The average molecular weight is 154 g/mol. The number of hydrogen-bond donors (Lipinski definition) is 0. The molecule has 0 aromatic carbocycles. The van der Waals surface area contributed by atoms with Crippen molar-refractivity contribution in [3.8, 4) is 0 Å². The maximum Gasteiger partial charge on any atom is 0.0638 e. The molecule has 0 amide bonds. The van der Waals surface area contributed by atoms with Crippen LogP contribution in [0.3, 0.4) is 0 Å². The Kier molecular flexibility index (Phi) is 2.10. The first-order valence-corrected chi connectivity index (χ1v) is 4.28. The van der Waals surface area contributed by atoms with E-state index in [4.69, 9.17) is 4.74 Å². The van der Waals surface area contributed by atoms with Crippen LogP contribution in [0, 0.1) is 5.41 Å². The second-order valence-electron chi connectivity index (χ2n) is 4.12. The molecule has 1 nitrogen and oxygen atoms in total. The third-order valence-electron chi connectivity index (χ3n) is 2.90. The Labute approximate surface area is 69.4 Å². The highest BCUT2D eigenvalue weighted by atomic mass is 16.5. The first-order chi connectivity index (χ1) is 4.94. The van der Waals surface area contributed by atoms with Crippen molar-refractivity contribution in [2.75, 3.05) is 0 Å². The fourth-order valence-electron chi connectivity index (χ4n) is 1.46. The van der Waals surface area contributed by atoms with Crippen LogP contribution in [0.5, 0.6) is 0 Å². The Hall–Kier alpha value is -0.300. The molecule has 1 heteroatoms. The van der Waals surface area contributed by atoms with Crippen LogP contribution in [0.4, 0.5) is 0 Å². The topological polar surface area (TPSA) is 9.23 Å². The van der Waals surface area contributed by atoms with E-state index < -0.39 is 0 Å². The van der Waals surface area contributed by atoms with Gasteiger partial charge in [-0.2, -0.15) is 0 Å². The molecule has 0 radical (unpaired) electrons. The molecule has 0 spiro atoms. The molecule has 1 rings (SSSR count). The molecule has 0 saturated carbocycles. The zero-order valence-electron chi connectivity index (χ0n) is 7.98. The standard InChI is InChI=1S/C10H18O/c1-7-6-8(2)11-9(3)10(7,4)5/h8-9H,1,6H2,2-5H3. The second kappa shape index (κ2) is 2.63. The van der Waals surface area contributed by atoms with Gasteiger partial charge in [-0.15, -0.1) is 0 Å². The summed E-state index contributed by atoms with van der Waals surface area (Å²) < 4.78 is 5.71. The van der Waals surface area contributed by atoms with E-state index in [2.05, 4.69) is 34.3 Å². The molecule has 0 aliphatic carbocycles. The largest absolute Gasteiger partial charge is 0.374 e. The van der Waals surface area contributed by atoms with Crippen molar-refractivity contribution in [3.63, 3.8) is 0 Å². The van der Waals surface area contributed by atoms with Gasteiger partial charge in [-0.3, -0.25) is 0 Å². The summed E-state index contributed by atoms with van der Waals surface area (Å²) in [5, 5.41) is 0. The molecule has 2 atom stereocenters. The minimum absolute atomic E-state index is 0.159. The van der Waals surface area contributed by atoms with E-state index in [0.29, 0.717) is 12.2 Å². The summed E-state index contributed by atoms with van der Waals surface area (Å²) >= 11 is 0. The molecule has 1 aliphatic rings. The van der Waals surface area contributed by atoms with E-state index in [1.807, 2.05) is 0 Å². The quantitative estimate of drug-likeness (QED) is 0.487. The van der Waals surface area contributed by atoms with E-state index in [9.17, 15) is 0 Å². The molecule has 0 aromatic heterocycles. The van der Waals surface area contributed by atoms with Crippen molar-refractivity contribution >= 4 is 0 Å². The lowest BCUT2D eigenvalue weighted by atomic mass is 9.76. The van der Waals surface area contributed by atoms with Gasteiger partial charge in [0.2, 0.25) is 0 Å². The normalized spacial score (nSPS) is 37.3. The smallest absolute Gasteiger partial charge is 0.0638 e. The van der Waals surface area contributed by atoms with Crippen molar-refractivity contribution in [2.45, 2.75) is 46.3 Å². The summed E-state index contributed by atoms with van der Waals surface area (Å²) in [6.45, 7) is 12.7. The Bertz CT molecular complexity index is 170. The van der Waals surface area contributed by atoms with Crippen LogP contribution < -0.4 is 0 Å². The highest BCUT2D eigenvalue weighted by molar-refractivity contribution is 5.13. The van der Waals surface area contributed by atoms with Crippen molar-refractivity contribution in [1.29, 1.82) is 0 Å². The highest BCUT2D eigenvalue weighted by Crippen LogP contribution is 2.38. The molecule has 64 valence electrons. The Morgan fingerprint density at radius 2 is 2.00 bits per heavy atom. The van der Waals surface area contributed by atoms with Crippen LogP contribution in [-0.2, 0) is 4.74 Å². The van der Waals surface area contributed by atoms with E-state index >= 15 is 0 Å². The first kappa shape index (κ1) is 8.79. The lowest BCUT2D eigenvalue weighted by Crippen LogP contribution is -2.39. The van der Waals surface area contributed by atoms with Gasteiger partial charge in [0, 0.05) is 5.41 Å². The van der Waals surface area contributed by atoms with Gasteiger partial charge in [0.15, 0.2) is 0 Å². The van der Waals surface area contributed by atoms with Crippen molar-refractivity contribution in [2.24, 2.45) is 5.41 Å². The van der Waals surface area contributed by atoms with Crippen LogP contribution in [0.25, 0.3) is 0 Å². The monoisotopic (exact) mass is 154 g/mol. The summed E-state index contributed by atoms with van der Waals surface area (Å²) in [6, 6.07) is 0. The fourth-order valence-corrected chi connectivity index (χ4v) is 1.46. The molecule has 11 heavy (non-hydrogen) atoms. The molecule has 0 aromatic rings. The van der Waals surface area contributed by atoms with Gasteiger partial charge in [0.1, 0.15) is 0 Å². The minimum Gasteiger partial charge on any atom is -0.374 e. The molecular weight excluding hydrogens is 136 g/mol. The lowest BCUT2D eigenvalue weighted by Gasteiger charge is -2.41. The number of rotatable bonds is 0. The zero-order chi connectivity index (χ0) is 8.65. The van der Waals surface area contributed by atoms with Gasteiger partial charge in [-0.25, -0.2) is 0 Å². The third-order valence-corrected chi connectivity index (χ3v) is 2.90. The summed E-state index contributed by atoms with van der Waals surface area (Å²) in [7, 11) is 0. The third kappa shape index (κ3) is 1.48. The van der Waals surface area contributed by atoms with Crippen molar-refractivity contribution in [1.82, 2.24) is 0 Å². The molecule has 2 unspecified atom stereocenters. The van der Waals surface area contributed by atoms with Gasteiger partial charge < -0.3 is 4.74 Å². The Balaban J connectivity index is 2.76. The van der Waals surface area contributed by atoms with Gasteiger partial charge in [0.25, 0.3) is 0 Å². The van der Waals surface area contributed by atoms with E-state index in [0.717, 1.165) is 6.42 Å². The Morgan fingerprint density at radius 1 is 1.45 bits per heavy atom. The predicted molar refractivity (Wildman–Crippen MR) is 47.5 cm³/mol. The van der Waals surface area contributed by atoms with Crippen molar-refractivity contribution < 1.29 is 4.74 Å². The molecule has 1 heterocycles. The second-order valence-corrected chi connectivity index (χ2v) is 4.12. The number of ether oxygens (including phenoxy) is 1. The maximum absolute atomic E-state index is 5.71.